The molecule has 0 saturated carbocycles. The van der Waals surface area contributed by atoms with Crippen LogP contribution in [0, 0.1) is 5.92 Å². The number of allylic oxidation sites excluding steroid dienone is 1. The lowest BCUT2D eigenvalue weighted by atomic mass is 9.84. The molecule has 0 aliphatic heterocycles. The van der Waals surface area contributed by atoms with Crippen LogP contribution in [0.4, 0.5) is 0 Å². The van der Waals surface area contributed by atoms with Crippen molar-refractivity contribution in [3.8, 4) is 0 Å². The van der Waals surface area contributed by atoms with Gasteiger partial charge in [-0.3, -0.25) is 4.18 Å². The number of hydrogen-bond donors (Lipinski definition) is 1. The summed E-state index contributed by atoms with van der Waals surface area (Å²) in [4.78, 5) is 0. The van der Waals surface area contributed by atoms with Gasteiger partial charge in [-0.05, 0) is 31.8 Å². The molecule has 4 nitrogen and oxygen atoms in total. The van der Waals surface area contributed by atoms with Crippen LogP contribution in [0.2, 0.25) is 0 Å². The fourth-order valence-electron chi connectivity index (χ4n) is 2.09. The van der Waals surface area contributed by atoms with Gasteiger partial charge in [0, 0.05) is 5.92 Å². The Labute approximate surface area is 103 Å². The molecule has 0 saturated heterocycles. The smallest absolute Gasteiger partial charge is 0.264 e. The highest BCUT2D eigenvalue weighted by molar-refractivity contribution is 7.86. The Hall–Kier alpha value is -0.650. The zero-order valence-corrected chi connectivity index (χ0v) is 11.1. The van der Waals surface area contributed by atoms with Crippen LogP contribution in [0.1, 0.15) is 26.2 Å². The van der Waals surface area contributed by atoms with Gasteiger partial charge in [0.25, 0.3) is 10.1 Å². The summed E-state index contributed by atoms with van der Waals surface area (Å²) in [6.07, 6.45) is 5.89. The van der Waals surface area contributed by atoms with Crippen LogP contribution in [0.5, 0.6) is 0 Å². The van der Waals surface area contributed by atoms with E-state index in [0.717, 1.165) is 18.2 Å². The Morgan fingerprint density at radius 1 is 1.65 bits per heavy atom. The largest absolute Gasteiger partial charge is 0.389 e. The van der Waals surface area contributed by atoms with Crippen molar-refractivity contribution in [1.29, 1.82) is 0 Å². The van der Waals surface area contributed by atoms with E-state index in [-0.39, 0.29) is 5.92 Å². The first-order chi connectivity index (χ1) is 7.83. The number of rotatable bonds is 5. The SMILES string of the molecule is C=CCC1=CC(C(C)OS(C)(=O)=O)CCC1O. The van der Waals surface area contributed by atoms with Crippen LogP contribution in [-0.4, -0.2) is 32.0 Å². The molecule has 1 aliphatic rings. The van der Waals surface area contributed by atoms with Crippen molar-refractivity contribution >= 4 is 10.1 Å². The molecule has 0 amide bonds. The van der Waals surface area contributed by atoms with Crippen molar-refractivity contribution in [2.75, 3.05) is 6.26 Å². The third-order valence-corrected chi connectivity index (χ3v) is 3.59. The Morgan fingerprint density at radius 3 is 2.82 bits per heavy atom. The third kappa shape index (κ3) is 4.61. The summed E-state index contributed by atoms with van der Waals surface area (Å²) in [7, 11) is -3.43. The Morgan fingerprint density at radius 2 is 2.29 bits per heavy atom. The molecule has 1 N–H and O–H groups in total. The quantitative estimate of drug-likeness (QED) is 0.602. The van der Waals surface area contributed by atoms with Gasteiger partial charge < -0.3 is 5.11 Å². The second-order valence-corrected chi connectivity index (χ2v) is 6.10. The monoisotopic (exact) mass is 260 g/mol. The van der Waals surface area contributed by atoms with Crippen molar-refractivity contribution in [1.82, 2.24) is 0 Å². The van der Waals surface area contributed by atoms with Gasteiger partial charge >= 0.3 is 0 Å². The summed E-state index contributed by atoms with van der Waals surface area (Å²) in [6, 6.07) is 0. The lowest BCUT2D eigenvalue weighted by Gasteiger charge is -2.28. The van der Waals surface area contributed by atoms with E-state index in [0.29, 0.717) is 12.8 Å². The van der Waals surface area contributed by atoms with E-state index in [4.69, 9.17) is 4.18 Å². The molecule has 5 heteroatoms. The first-order valence-electron chi connectivity index (χ1n) is 5.71. The van der Waals surface area contributed by atoms with Crippen LogP contribution < -0.4 is 0 Å². The summed E-state index contributed by atoms with van der Waals surface area (Å²) in [5.41, 5.74) is 0.903. The Balaban J connectivity index is 2.75. The highest BCUT2D eigenvalue weighted by Crippen LogP contribution is 2.29. The van der Waals surface area contributed by atoms with Gasteiger partial charge in [0.05, 0.1) is 18.5 Å². The first kappa shape index (κ1) is 14.4. The van der Waals surface area contributed by atoms with Gasteiger partial charge in [0.2, 0.25) is 0 Å². The molecule has 3 atom stereocenters. The van der Waals surface area contributed by atoms with E-state index < -0.39 is 22.3 Å². The highest BCUT2D eigenvalue weighted by atomic mass is 32.2. The molecule has 1 rings (SSSR count). The zero-order chi connectivity index (χ0) is 13.1. The van der Waals surface area contributed by atoms with Crippen LogP contribution in [-0.2, 0) is 14.3 Å². The number of aliphatic hydroxyl groups is 1. The maximum Gasteiger partial charge on any atom is 0.264 e. The molecule has 0 radical (unpaired) electrons. The van der Waals surface area contributed by atoms with Crippen LogP contribution in [0.15, 0.2) is 24.3 Å². The fourth-order valence-corrected chi connectivity index (χ4v) is 2.79. The van der Waals surface area contributed by atoms with E-state index in [1.807, 2.05) is 6.08 Å². The number of aliphatic hydroxyl groups excluding tert-OH is 1. The van der Waals surface area contributed by atoms with Gasteiger partial charge in [0.15, 0.2) is 0 Å². The average molecular weight is 260 g/mol. The molecule has 1 aliphatic carbocycles. The molecule has 0 aromatic carbocycles. The summed E-state index contributed by atoms with van der Waals surface area (Å²) < 4.78 is 27.1. The first-order valence-corrected chi connectivity index (χ1v) is 7.53. The Kier molecular flexibility index (Phi) is 4.91. The summed E-state index contributed by atoms with van der Waals surface area (Å²) in [6.45, 7) is 5.38. The Bertz CT molecular complexity index is 397. The molecule has 3 unspecified atom stereocenters. The molecular formula is C12H20O4S. The van der Waals surface area contributed by atoms with Gasteiger partial charge in [-0.25, -0.2) is 0 Å². The van der Waals surface area contributed by atoms with Crippen molar-refractivity contribution in [3.05, 3.63) is 24.3 Å². The minimum atomic E-state index is -3.43. The maximum atomic E-state index is 11.0. The van der Waals surface area contributed by atoms with E-state index in [1.54, 1.807) is 13.0 Å². The average Bonchev–Trinajstić information content (AvgIpc) is 2.19. The normalized spacial score (nSPS) is 27.4. The minimum Gasteiger partial charge on any atom is -0.389 e. The molecule has 0 aromatic heterocycles. The van der Waals surface area contributed by atoms with Gasteiger partial charge in [0.1, 0.15) is 0 Å². The van der Waals surface area contributed by atoms with E-state index in [9.17, 15) is 13.5 Å². The summed E-state index contributed by atoms with van der Waals surface area (Å²) >= 11 is 0. The molecule has 0 spiro atoms. The maximum absolute atomic E-state index is 11.0. The van der Waals surface area contributed by atoms with Crippen LogP contribution >= 0.6 is 0 Å². The molecule has 17 heavy (non-hydrogen) atoms. The highest BCUT2D eigenvalue weighted by Gasteiger charge is 2.26. The summed E-state index contributed by atoms with van der Waals surface area (Å²) in [5, 5.41) is 9.76. The van der Waals surface area contributed by atoms with Crippen molar-refractivity contribution in [2.45, 2.75) is 38.4 Å². The van der Waals surface area contributed by atoms with Gasteiger partial charge in [-0.15, -0.1) is 6.58 Å². The van der Waals surface area contributed by atoms with Gasteiger partial charge in [-0.2, -0.15) is 8.42 Å². The van der Waals surface area contributed by atoms with Crippen molar-refractivity contribution in [2.24, 2.45) is 5.92 Å². The lowest BCUT2D eigenvalue weighted by molar-refractivity contribution is 0.135. The van der Waals surface area contributed by atoms with Gasteiger partial charge in [-0.1, -0.05) is 12.2 Å². The molecule has 0 fully saturated rings. The van der Waals surface area contributed by atoms with Crippen molar-refractivity contribution < 1.29 is 17.7 Å². The topological polar surface area (TPSA) is 63.6 Å². The standard InChI is InChI=1S/C12H20O4S/c1-4-5-11-8-10(6-7-12(11)13)9(2)16-17(3,14)15/h4,8-10,12-13H,1,5-7H2,2-3H3. The second kappa shape index (κ2) is 5.80. The van der Waals surface area contributed by atoms with E-state index in [2.05, 4.69) is 6.58 Å². The summed E-state index contributed by atoms with van der Waals surface area (Å²) in [5.74, 6) is 0.0306. The third-order valence-electron chi connectivity index (χ3n) is 2.94. The zero-order valence-electron chi connectivity index (χ0n) is 10.3. The second-order valence-electron chi connectivity index (χ2n) is 4.50. The molecule has 0 aromatic rings. The number of hydrogen-bond acceptors (Lipinski definition) is 4. The fraction of sp³-hybridized carbons (Fsp3) is 0.667. The molecular weight excluding hydrogens is 240 g/mol. The predicted molar refractivity (Wildman–Crippen MR) is 67.0 cm³/mol. The predicted octanol–water partition coefficient (Wildman–Crippen LogP) is 1.62. The molecule has 0 heterocycles. The minimum absolute atomic E-state index is 0.0306. The van der Waals surface area contributed by atoms with Crippen LogP contribution in [0.25, 0.3) is 0 Å². The van der Waals surface area contributed by atoms with Crippen molar-refractivity contribution in [3.63, 3.8) is 0 Å². The lowest BCUT2D eigenvalue weighted by Crippen LogP contribution is -2.28. The molecule has 0 bridgehead atoms. The van der Waals surface area contributed by atoms with E-state index >= 15 is 0 Å². The van der Waals surface area contributed by atoms with E-state index in [1.165, 1.54) is 0 Å². The molecule has 98 valence electrons. The van der Waals surface area contributed by atoms with Crippen LogP contribution in [0.3, 0.4) is 0 Å².